The Morgan fingerprint density at radius 3 is 2.00 bits per heavy atom. The second-order valence-corrected chi connectivity index (χ2v) is 7.16. The van der Waals surface area contributed by atoms with E-state index in [1.54, 1.807) is 0 Å². The molecule has 0 saturated heterocycles. The number of rotatable bonds is 6. The van der Waals surface area contributed by atoms with E-state index in [0.29, 0.717) is 19.6 Å². The van der Waals surface area contributed by atoms with Crippen LogP contribution in [0, 0.1) is 5.41 Å². The Bertz CT molecular complexity index is 764. The summed E-state index contributed by atoms with van der Waals surface area (Å²) >= 11 is 0. The summed E-state index contributed by atoms with van der Waals surface area (Å²) < 4.78 is 0. The van der Waals surface area contributed by atoms with Crippen LogP contribution in [0.15, 0.2) is 36.4 Å². The highest BCUT2D eigenvalue weighted by Gasteiger charge is 2.11. The van der Waals surface area contributed by atoms with Crippen molar-refractivity contribution in [3.8, 4) is 0 Å². The van der Waals surface area contributed by atoms with E-state index < -0.39 is 0 Å². The van der Waals surface area contributed by atoms with Crippen LogP contribution in [-0.2, 0) is 17.9 Å². The highest BCUT2D eigenvalue weighted by Crippen LogP contribution is 2.18. The van der Waals surface area contributed by atoms with Gasteiger partial charge in [-0.15, -0.1) is 0 Å². The molecule has 0 bridgehead atoms. The van der Waals surface area contributed by atoms with Gasteiger partial charge in [0.1, 0.15) is 0 Å². The number of carbonyl (C=O) groups excluding carboxylic acids is 1. The fourth-order valence-corrected chi connectivity index (χ4v) is 2.37. The van der Waals surface area contributed by atoms with Crippen LogP contribution in [0.2, 0.25) is 0 Å². The summed E-state index contributed by atoms with van der Waals surface area (Å²) in [5.74, 6) is -0.0483. The minimum atomic E-state index is -0.0742. The lowest BCUT2D eigenvalue weighted by molar-refractivity contribution is -0.120. The largest absolute Gasteiger partial charge is 0.370 e. The molecule has 2 aromatic carbocycles. The molecule has 0 fully saturated rings. The van der Waals surface area contributed by atoms with Crippen LogP contribution in [0.1, 0.15) is 31.9 Å². The van der Waals surface area contributed by atoms with Crippen molar-refractivity contribution in [3.63, 3.8) is 0 Å². The fraction of sp³-hybridized carbons (Fsp3) is 0.368. The van der Waals surface area contributed by atoms with E-state index in [2.05, 4.69) is 28.1 Å². The molecule has 6 heteroatoms. The van der Waals surface area contributed by atoms with E-state index in [0.717, 1.165) is 21.9 Å². The number of fused-ring (bicyclic) bond motifs is 1. The Morgan fingerprint density at radius 1 is 1.00 bits per heavy atom. The van der Waals surface area contributed by atoms with Crippen LogP contribution in [0.5, 0.6) is 0 Å². The van der Waals surface area contributed by atoms with Gasteiger partial charge in [-0.25, -0.2) is 0 Å². The van der Waals surface area contributed by atoms with Crippen molar-refractivity contribution in [3.05, 3.63) is 47.5 Å². The van der Waals surface area contributed by atoms with E-state index in [1.165, 1.54) is 0 Å². The number of nitrogens with two attached hydrogens (primary N) is 1. The lowest BCUT2D eigenvalue weighted by Crippen LogP contribution is -2.43. The van der Waals surface area contributed by atoms with Crippen LogP contribution in [-0.4, -0.2) is 24.0 Å². The normalized spacial score (nSPS) is 11.3. The number of benzene rings is 2. The summed E-state index contributed by atoms with van der Waals surface area (Å²) in [6, 6.07) is 12.3. The lowest BCUT2D eigenvalue weighted by atomic mass is 10.0. The van der Waals surface area contributed by atoms with E-state index in [4.69, 9.17) is 11.1 Å². The monoisotopic (exact) mass is 341 g/mol. The van der Waals surface area contributed by atoms with Gasteiger partial charge in [-0.3, -0.25) is 10.2 Å². The molecule has 2 rings (SSSR count). The molecule has 0 aliphatic heterocycles. The first-order chi connectivity index (χ1) is 11.7. The van der Waals surface area contributed by atoms with Crippen LogP contribution < -0.4 is 21.7 Å². The summed E-state index contributed by atoms with van der Waals surface area (Å²) in [6.07, 6.45) is 0. The summed E-state index contributed by atoms with van der Waals surface area (Å²) in [5.41, 5.74) is 7.36. The molecule has 1 amide bonds. The molecule has 0 aliphatic rings. The molecule has 0 aliphatic carbocycles. The SMILES string of the molecule is CC(C)(C)NCC(=O)NCc1ccc2cc(CNC(=N)N)ccc2c1. The number of hydrogen-bond donors (Lipinski definition) is 5. The third-order valence-corrected chi connectivity index (χ3v) is 3.72. The summed E-state index contributed by atoms with van der Waals surface area (Å²) in [4.78, 5) is 11.9. The van der Waals surface area contributed by atoms with Gasteiger partial charge in [-0.1, -0.05) is 24.3 Å². The summed E-state index contributed by atoms with van der Waals surface area (Å²) in [6.45, 7) is 7.44. The summed E-state index contributed by atoms with van der Waals surface area (Å²) in [5, 5.41) is 18.3. The third kappa shape index (κ3) is 6.43. The number of guanidine groups is 1. The molecule has 0 radical (unpaired) electrons. The highest BCUT2D eigenvalue weighted by molar-refractivity contribution is 5.84. The van der Waals surface area contributed by atoms with Gasteiger partial charge in [0, 0.05) is 18.6 Å². The van der Waals surface area contributed by atoms with Gasteiger partial charge >= 0.3 is 0 Å². The van der Waals surface area contributed by atoms with Crippen LogP contribution in [0.3, 0.4) is 0 Å². The molecule has 0 saturated carbocycles. The Kier molecular flexibility index (Phi) is 5.98. The van der Waals surface area contributed by atoms with Crippen molar-refractivity contribution in [2.24, 2.45) is 5.73 Å². The molecule has 0 atom stereocenters. The van der Waals surface area contributed by atoms with Crippen LogP contribution in [0.25, 0.3) is 10.8 Å². The zero-order chi connectivity index (χ0) is 18.4. The quantitative estimate of drug-likeness (QED) is 0.408. The molecule has 25 heavy (non-hydrogen) atoms. The van der Waals surface area contributed by atoms with Gasteiger partial charge in [-0.2, -0.15) is 0 Å². The number of amides is 1. The standard InChI is InChI=1S/C19H27N5O/c1-19(2,3)24-12-17(25)22-10-13-4-6-16-9-14(11-23-18(20)21)5-7-15(16)8-13/h4-9,24H,10-12H2,1-3H3,(H,22,25)(H4,20,21,23). The van der Waals surface area contributed by atoms with Gasteiger partial charge in [0.05, 0.1) is 6.54 Å². The zero-order valence-electron chi connectivity index (χ0n) is 15.1. The average molecular weight is 341 g/mol. The first-order valence-corrected chi connectivity index (χ1v) is 8.34. The number of hydrogen-bond acceptors (Lipinski definition) is 3. The van der Waals surface area contributed by atoms with E-state index >= 15 is 0 Å². The minimum Gasteiger partial charge on any atom is -0.370 e. The number of nitrogens with one attached hydrogen (secondary N) is 4. The topological polar surface area (TPSA) is 103 Å². The van der Waals surface area contributed by atoms with E-state index in [-0.39, 0.29) is 17.4 Å². The fourth-order valence-electron chi connectivity index (χ4n) is 2.37. The second kappa shape index (κ2) is 7.98. The van der Waals surface area contributed by atoms with Crippen molar-refractivity contribution < 1.29 is 4.79 Å². The minimum absolute atomic E-state index is 0.0133. The van der Waals surface area contributed by atoms with Gasteiger partial charge < -0.3 is 21.7 Å². The van der Waals surface area contributed by atoms with E-state index in [1.807, 2.05) is 45.0 Å². The summed E-state index contributed by atoms with van der Waals surface area (Å²) in [7, 11) is 0. The second-order valence-electron chi connectivity index (χ2n) is 7.16. The molecular weight excluding hydrogens is 314 g/mol. The molecule has 0 heterocycles. The maximum Gasteiger partial charge on any atom is 0.234 e. The average Bonchev–Trinajstić information content (AvgIpc) is 2.55. The Labute approximate surface area is 148 Å². The van der Waals surface area contributed by atoms with Gasteiger partial charge in [0.2, 0.25) is 5.91 Å². The lowest BCUT2D eigenvalue weighted by Gasteiger charge is -2.20. The van der Waals surface area contributed by atoms with Crippen molar-refractivity contribution in [2.45, 2.75) is 39.4 Å². The number of carbonyl (C=O) groups is 1. The molecule has 0 unspecified atom stereocenters. The maximum absolute atomic E-state index is 11.9. The smallest absolute Gasteiger partial charge is 0.234 e. The Hall–Kier alpha value is -2.60. The molecule has 6 N–H and O–H groups in total. The molecule has 0 aromatic heterocycles. The zero-order valence-corrected chi connectivity index (χ0v) is 15.1. The van der Waals surface area contributed by atoms with Crippen molar-refractivity contribution in [2.75, 3.05) is 6.54 Å². The molecular formula is C19H27N5O. The first-order valence-electron chi connectivity index (χ1n) is 8.34. The van der Waals surface area contributed by atoms with Crippen LogP contribution in [0.4, 0.5) is 0 Å². The maximum atomic E-state index is 11.9. The molecule has 2 aromatic rings. The van der Waals surface area contributed by atoms with Crippen molar-refractivity contribution >= 4 is 22.6 Å². The van der Waals surface area contributed by atoms with Crippen LogP contribution >= 0.6 is 0 Å². The molecule has 0 spiro atoms. The van der Waals surface area contributed by atoms with Crippen molar-refractivity contribution in [1.29, 1.82) is 5.41 Å². The Morgan fingerprint density at radius 2 is 1.52 bits per heavy atom. The van der Waals surface area contributed by atoms with Crippen molar-refractivity contribution in [1.82, 2.24) is 16.0 Å². The van der Waals surface area contributed by atoms with Gasteiger partial charge in [0.25, 0.3) is 0 Å². The predicted molar refractivity (Wildman–Crippen MR) is 102 cm³/mol. The first kappa shape index (κ1) is 18.7. The van der Waals surface area contributed by atoms with Gasteiger partial charge in [-0.05, 0) is 54.8 Å². The highest BCUT2D eigenvalue weighted by atomic mass is 16.1. The third-order valence-electron chi connectivity index (χ3n) is 3.72. The predicted octanol–water partition coefficient (Wildman–Crippen LogP) is 1.83. The van der Waals surface area contributed by atoms with Gasteiger partial charge in [0.15, 0.2) is 5.96 Å². The molecule has 6 nitrogen and oxygen atoms in total. The van der Waals surface area contributed by atoms with E-state index in [9.17, 15) is 4.79 Å². The molecule has 134 valence electrons. The Balaban J connectivity index is 1.95.